The molecule has 0 saturated carbocycles. The van der Waals surface area contributed by atoms with Crippen LogP contribution in [0.15, 0.2) is 23.3 Å². The highest BCUT2D eigenvalue weighted by atomic mass is 16.2. The molecule has 0 fully saturated rings. The Morgan fingerprint density at radius 1 is 1.00 bits per heavy atom. The van der Waals surface area contributed by atoms with Crippen LogP contribution in [0.2, 0.25) is 0 Å². The Kier molecular flexibility index (Phi) is 9.60. The molecule has 0 radical (unpaired) electrons. The van der Waals surface area contributed by atoms with Crippen molar-refractivity contribution < 1.29 is 5.11 Å². The van der Waals surface area contributed by atoms with E-state index in [0.717, 1.165) is 12.8 Å². The van der Waals surface area contributed by atoms with E-state index in [2.05, 4.69) is 26.8 Å². The molecule has 1 N–H and O–H groups in total. The highest BCUT2D eigenvalue weighted by Gasteiger charge is 1.91. The summed E-state index contributed by atoms with van der Waals surface area (Å²) in [7, 11) is 0. The van der Waals surface area contributed by atoms with Crippen molar-refractivity contribution in [2.45, 2.75) is 59.3 Å². The van der Waals surface area contributed by atoms with Crippen molar-refractivity contribution in [1.29, 1.82) is 0 Å². The smallest absolute Gasteiger partial charge is 0.0614 e. The molecule has 0 rings (SSSR count). The lowest BCUT2D eigenvalue weighted by atomic mass is 10.1. The first-order chi connectivity index (χ1) is 7.20. The van der Waals surface area contributed by atoms with Crippen LogP contribution in [-0.2, 0) is 0 Å². The average Bonchev–Trinajstić information content (AvgIpc) is 2.18. The average molecular weight is 210 g/mol. The van der Waals surface area contributed by atoms with E-state index < -0.39 is 0 Å². The molecule has 0 aromatic carbocycles. The summed E-state index contributed by atoms with van der Waals surface area (Å²) >= 11 is 0. The van der Waals surface area contributed by atoms with E-state index >= 15 is 0 Å². The lowest BCUT2D eigenvalue weighted by Gasteiger charge is -2.01. The molecule has 0 spiro atoms. The van der Waals surface area contributed by atoms with Gasteiger partial charge in [-0.05, 0) is 39.5 Å². The summed E-state index contributed by atoms with van der Waals surface area (Å²) in [6.07, 6.45) is 11.6. The second-order valence-electron chi connectivity index (χ2n) is 4.28. The second-order valence-corrected chi connectivity index (χ2v) is 4.28. The van der Waals surface area contributed by atoms with Gasteiger partial charge in [0.15, 0.2) is 0 Å². The van der Waals surface area contributed by atoms with E-state index in [9.17, 15) is 0 Å². The van der Waals surface area contributed by atoms with E-state index in [1.807, 2.05) is 6.08 Å². The van der Waals surface area contributed by atoms with Crippen LogP contribution >= 0.6 is 0 Å². The lowest BCUT2D eigenvalue weighted by Crippen LogP contribution is -1.83. The number of hydrogen-bond donors (Lipinski definition) is 1. The van der Waals surface area contributed by atoms with Gasteiger partial charge in [-0.3, -0.25) is 0 Å². The number of allylic oxidation sites excluding steroid dienone is 3. The second kappa shape index (κ2) is 9.97. The van der Waals surface area contributed by atoms with Crippen molar-refractivity contribution >= 4 is 0 Å². The summed E-state index contributed by atoms with van der Waals surface area (Å²) < 4.78 is 0. The van der Waals surface area contributed by atoms with Gasteiger partial charge in [-0.2, -0.15) is 0 Å². The van der Waals surface area contributed by atoms with Crippen molar-refractivity contribution in [3.8, 4) is 0 Å². The zero-order valence-electron chi connectivity index (χ0n) is 10.6. The monoisotopic (exact) mass is 210 g/mol. The van der Waals surface area contributed by atoms with Crippen molar-refractivity contribution in [3.63, 3.8) is 0 Å². The SMILES string of the molecule is CCCCCC(C)=CCC/C(C)=C/CO. The van der Waals surface area contributed by atoms with E-state index in [1.165, 1.54) is 36.8 Å². The molecular formula is C14H26O. The van der Waals surface area contributed by atoms with E-state index in [0.29, 0.717) is 0 Å². The zero-order chi connectivity index (χ0) is 11.5. The Labute approximate surface area is 94.9 Å². The molecule has 0 saturated heterocycles. The molecule has 0 aliphatic heterocycles. The Bertz CT molecular complexity index is 201. The minimum Gasteiger partial charge on any atom is -0.392 e. The summed E-state index contributed by atoms with van der Waals surface area (Å²) in [5, 5.41) is 8.70. The molecule has 15 heavy (non-hydrogen) atoms. The quantitative estimate of drug-likeness (QED) is 0.469. The maximum atomic E-state index is 8.70. The predicted octanol–water partition coefficient (Wildman–Crippen LogP) is 4.23. The van der Waals surface area contributed by atoms with Crippen molar-refractivity contribution in [1.82, 2.24) is 0 Å². The molecule has 1 nitrogen and oxygen atoms in total. The molecule has 0 aliphatic carbocycles. The summed E-state index contributed by atoms with van der Waals surface area (Å²) in [4.78, 5) is 0. The molecule has 0 aromatic rings. The summed E-state index contributed by atoms with van der Waals surface area (Å²) in [5.74, 6) is 0. The van der Waals surface area contributed by atoms with E-state index in [-0.39, 0.29) is 6.61 Å². The number of rotatable bonds is 8. The first kappa shape index (κ1) is 14.4. The first-order valence-electron chi connectivity index (χ1n) is 6.12. The van der Waals surface area contributed by atoms with Crippen molar-refractivity contribution in [3.05, 3.63) is 23.3 Å². The summed E-state index contributed by atoms with van der Waals surface area (Å²) in [5.41, 5.74) is 2.80. The molecule has 0 aromatic heterocycles. The summed E-state index contributed by atoms with van der Waals surface area (Å²) in [6, 6.07) is 0. The highest BCUT2D eigenvalue weighted by molar-refractivity contribution is 5.03. The molecule has 0 amide bonds. The standard InChI is InChI=1S/C14H26O/c1-4-5-6-8-13(2)9-7-10-14(3)11-12-15/h9,11,15H,4-8,10,12H2,1-3H3/b13-9?,14-11+. The maximum absolute atomic E-state index is 8.70. The van der Waals surface area contributed by atoms with Gasteiger partial charge < -0.3 is 5.11 Å². The van der Waals surface area contributed by atoms with Gasteiger partial charge in [0.1, 0.15) is 0 Å². The van der Waals surface area contributed by atoms with Crippen LogP contribution in [0.4, 0.5) is 0 Å². The number of hydrogen-bond acceptors (Lipinski definition) is 1. The first-order valence-corrected chi connectivity index (χ1v) is 6.12. The van der Waals surface area contributed by atoms with Crippen molar-refractivity contribution in [2.75, 3.05) is 6.61 Å². The third-order valence-electron chi connectivity index (χ3n) is 2.65. The Morgan fingerprint density at radius 3 is 2.27 bits per heavy atom. The fourth-order valence-electron chi connectivity index (χ4n) is 1.56. The molecule has 0 unspecified atom stereocenters. The van der Waals surface area contributed by atoms with Gasteiger partial charge in [-0.1, -0.05) is 43.1 Å². The molecule has 0 heterocycles. The van der Waals surface area contributed by atoms with Gasteiger partial charge >= 0.3 is 0 Å². The topological polar surface area (TPSA) is 20.2 Å². The fraction of sp³-hybridized carbons (Fsp3) is 0.714. The Morgan fingerprint density at radius 2 is 1.67 bits per heavy atom. The van der Waals surface area contributed by atoms with Gasteiger partial charge in [-0.25, -0.2) is 0 Å². The van der Waals surface area contributed by atoms with Gasteiger partial charge in [0, 0.05) is 0 Å². The van der Waals surface area contributed by atoms with E-state index in [4.69, 9.17) is 5.11 Å². The Hall–Kier alpha value is -0.560. The van der Waals surface area contributed by atoms with Crippen molar-refractivity contribution in [2.24, 2.45) is 0 Å². The minimum absolute atomic E-state index is 0.172. The van der Waals surface area contributed by atoms with Crippen LogP contribution in [0.5, 0.6) is 0 Å². The Balaban J connectivity index is 3.62. The molecular weight excluding hydrogens is 184 g/mol. The van der Waals surface area contributed by atoms with Crippen LogP contribution in [0, 0.1) is 0 Å². The lowest BCUT2D eigenvalue weighted by molar-refractivity contribution is 0.341. The van der Waals surface area contributed by atoms with Crippen LogP contribution in [-0.4, -0.2) is 11.7 Å². The highest BCUT2D eigenvalue weighted by Crippen LogP contribution is 2.11. The molecule has 88 valence electrons. The minimum atomic E-state index is 0.172. The van der Waals surface area contributed by atoms with Gasteiger partial charge in [0.25, 0.3) is 0 Å². The largest absolute Gasteiger partial charge is 0.392 e. The fourth-order valence-corrected chi connectivity index (χ4v) is 1.56. The molecule has 0 bridgehead atoms. The normalized spacial score (nSPS) is 13.3. The van der Waals surface area contributed by atoms with Crippen LogP contribution in [0.3, 0.4) is 0 Å². The van der Waals surface area contributed by atoms with E-state index in [1.54, 1.807) is 0 Å². The van der Waals surface area contributed by atoms with Crippen LogP contribution in [0.25, 0.3) is 0 Å². The van der Waals surface area contributed by atoms with Gasteiger partial charge in [0.2, 0.25) is 0 Å². The summed E-state index contributed by atoms with van der Waals surface area (Å²) in [6.45, 7) is 6.71. The zero-order valence-corrected chi connectivity index (χ0v) is 10.6. The molecule has 0 aliphatic rings. The predicted molar refractivity (Wildman–Crippen MR) is 68.0 cm³/mol. The van der Waals surface area contributed by atoms with Crippen LogP contribution in [0.1, 0.15) is 59.3 Å². The van der Waals surface area contributed by atoms with Gasteiger partial charge in [-0.15, -0.1) is 0 Å². The number of aliphatic hydroxyl groups is 1. The molecule has 0 atom stereocenters. The third kappa shape index (κ3) is 9.74. The maximum Gasteiger partial charge on any atom is 0.0614 e. The van der Waals surface area contributed by atoms with Gasteiger partial charge in [0.05, 0.1) is 6.61 Å². The van der Waals surface area contributed by atoms with Crippen LogP contribution < -0.4 is 0 Å². The molecule has 1 heteroatoms. The third-order valence-corrected chi connectivity index (χ3v) is 2.65. The number of unbranched alkanes of at least 4 members (excludes halogenated alkanes) is 2. The number of aliphatic hydroxyl groups excluding tert-OH is 1.